The van der Waals surface area contributed by atoms with E-state index in [1.54, 1.807) is 0 Å². The average Bonchev–Trinajstić information content (AvgIpc) is 2.70. The van der Waals surface area contributed by atoms with Gasteiger partial charge in [0.25, 0.3) is 0 Å². The fourth-order valence-corrected chi connectivity index (χ4v) is 2.23. The molecule has 1 aromatic heterocycles. The summed E-state index contributed by atoms with van der Waals surface area (Å²) in [5.41, 5.74) is 0. The van der Waals surface area contributed by atoms with Crippen molar-refractivity contribution in [2.75, 3.05) is 48.8 Å². The van der Waals surface area contributed by atoms with E-state index in [0.29, 0.717) is 23.7 Å². The highest BCUT2D eigenvalue weighted by Gasteiger charge is 2.28. The number of anilines is 3. The van der Waals surface area contributed by atoms with Gasteiger partial charge >= 0.3 is 0 Å². The van der Waals surface area contributed by atoms with Gasteiger partial charge in [0, 0.05) is 33.7 Å². The van der Waals surface area contributed by atoms with E-state index in [1.165, 1.54) is 0 Å². The first-order valence-corrected chi connectivity index (χ1v) is 6.93. The summed E-state index contributed by atoms with van der Waals surface area (Å²) in [6.07, 6.45) is 0. The molecule has 0 radical (unpaired) electrons. The Morgan fingerprint density at radius 2 is 1.79 bits per heavy atom. The van der Waals surface area contributed by atoms with Crippen molar-refractivity contribution in [3.63, 3.8) is 0 Å². The Balaban J connectivity index is 2.28. The summed E-state index contributed by atoms with van der Waals surface area (Å²) in [6, 6.07) is 0. The quantitative estimate of drug-likeness (QED) is 0.888. The summed E-state index contributed by atoms with van der Waals surface area (Å²) in [7, 11) is 3.90. The molecule has 0 amide bonds. The normalized spacial score (nSPS) is 22.7. The Bertz CT molecular complexity index is 423. The summed E-state index contributed by atoms with van der Waals surface area (Å²) in [4.78, 5) is 17.6. The summed E-state index contributed by atoms with van der Waals surface area (Å²) >= 11 is 0. The molecule has 2 unspecified atom stereocenters. The van der Waals surface area contributed by atoms with Crippen molar-refractivity contribution in [2.24, 2.45) is 11.8 Å². The Labute approximate surface area is 115 Å². The molecule has 2 heterocycles. The number of hydrogen-bond acceptors (Lipinski definition) is 6. The second kappa shape index (κ2) is 5.59. The average molecular weight is 264 g/mol. The zero-order chi connectivity index (χ0) is 14.0. The summed E-state index contributed by atoms with van der Waals surface area (Å²) in [5, 5.41) is 3.17. The highest BCUT2D eigenvalue weighted by atomic mass is 15.4. The second-order valence-corrected chi connectivity index (χ2v) is 5.54. The smallest absolute Gasteiger partial charge is 0.231 e. The molecule has 1 N–H and O–H groups in total. The summed E-state index contributed by atoms with van der Waals surface area (Å²) in [5.74, 6) is 3.51. The van der Waals surface area contributed by atoms with E-state index in [0.717, 1.165) is 25.6 Å². The molecular weight excluding hydrogens is 240 g/mol. The van der Waals surface area contributed by atoms with Gasteiger partial charge < -0.3 is 15.1 Å². The SMILES string of the molecule is CCNc1nc(N(C)C)nc(N2CC(C)C(C)C2)n1. The fourth-order valence-electron chi connectivity index (χ4n) is 2.23. The Hall–Kier alpha value is -1.59. The minimum atomic E-state index is 0.656. The molecule has 2 rings (SSSR count). The van der Waals surface area contributed by atoms with Crippen LogP contribution in [0.1, 0.15) is 20.8 Å². The van der Waals surface area contributed by atoms with Crippen molar-refractivity contribution in [3.8, 4) is 0 Å². The molecule has 0 spiro atoms. The van der Waals surface area contributed by atoms with Gasteiger partial charge in [0.05, 0.1) is 0 Å². The van der Waals surface area contributed by atoms with Crippen molar-refractivity contribution in [2.45, 2.75) is 20.8 Å². The predicted octanol–water partition coefficient (Wildman–Crippen LogP) is 1.46. The number of hydrogen-bond donors (Lipinski definition) is 1. The van der Waals surface area contributed by atoms with Crippen LogP contribution in [0.5, 0.6) is 0 Å². The first kappa shape index (κ1) is 13.8. The van der Waals surface area contributed by atoms with Gasteiger partial charge in [0.15, 0.2) is 0 Å². The van der Waals surface area contributed by atoms with E-state index in [1.807, 2.05) is 25.9 Å². The second-order valence-electron chi connectivity index (χ2n) is 5.54. The molecule has 1 aromatic rings. The van der Waals surface area contributed by atoms with Crippen LogP contribution in [0.4, 0.5) is 17.8 Å². The molecule has 1 saturated heterocycles. The molecule has 6 heteroatoms. The number of nitrogens with zero attached hydrogens (tertiary/aromatic N) is 5. The molecule has 0 aliphatic carbocycles. The van der Waals surface area contributed by atoms with Gasteiger partial charge in [-0.1, -0.05) is 13.8 Å². The maximum Gasteiger partial charge on any atom is 0.231 e. The van der Waals surface area contributed by atoms with Gasteiger partial charge in [0.1, 0.15) is 0 Å². The fraction of sp³-hybridized carbons (Fsp3) is 0.769. The minimum absolute atomic E-state index is 0.656. The zero-order valence-corrected chi connectivity index (χ0v) is 12.5. The monoisotopic (exact) mass is 264 g/mol. The molecule has 1 aliphatic heterocycles. The molecule has 1 aliphatic rings. The third-order valence-electron chi connectivity index (χ3n) is 3.62. The van der Waals surface area contributed by atoms with Crippen molar-refractivity contribution in [1.29, 1.82) is 0 Å². The van der Waals surface area contributed by atoms with E-state index < -0.39 is 0 Å². The van der Waals surface area contributed by atoms with Crippen LogP contribution in [-0.2, 0) is 0 Å². The van der Waals surface area contributed by atoms with Crippen LogP contribution in [0.15, 0.2) is 0 Å². The molecule has 0 saturated carbocycles. The summed E-state index contributed by atoms with van der Waals surface area (Å²) < 4.78 is 0. The minimum Gasteiger partial charge on any atom is -0.354 e. The van der Waals surface area contributed by atoms with Crippen LogP contribution in [-0.4, -0.2) is 48.7 Å². The summed E-state index contributed by atoms with van der Waals surface area (Å²) in [6.45, 7) is 9.45. The van der Waals surface area contributed by atoms with Crippen LogP contribution in [0.3, 0.4) is 0 Å². The Kier molecular flexibility index (Phi) is 4.07. The molecule has 0 bridgehead atoms. The number of nitrogens with one attached hydrogen (secondary N) is 1. The van der Waals surface area contributed by atoms with E-state index in [-0.39, 0.29) is 0 Å². The maximum absolute atomic E-state index is 4.56. The van der Waals surface area contributed by atoms with Crippen LogP contribution in [0.2, 0.25) is 0 Å². The van der Waals surface area contributed by atoms with E-state index in [9.17, 15) is 0 Å². The van der Waals surface area contributed by atoms with Gasteiger partial charge in [-0.2, -0.15) is 15.0 Å². The van der Waals surface area contributed by atoms with Crippen LogP contribution in [0, 0.1) is 11.8 Å². The Morgan fingerprint density at radius 3 is 2.32 bits per heavy atom. The molecule has 1 fully saturated rings. The van der Waals surface area contributed by atoms with Gasteiger partial charge in [-0.15, -0.1) is 0 Å². The van der Waals surface area contributed by atoms with Gasteiger partial charge in [-0.05, 0) is 18.8 Å². The standard InChI is InChI=1S/C13H24N6/c1-6-14-11-15-12(18(4)5)17-13(16-11)19-7-9(2)10(3)8-19/h9-10H,6-8H2,1-5H3,(H,14,15,16,17). The first-order chi connectivity index (χ1) is 9.01. The lowest BCUT2D eigenvalue weighted by molar-refractivity contribution is 0.494. The van der Waals surface area contributed by atoms with E-state index in [2.05, 4.69) is 39.0 Å². The molecule has 106 valence electrons. The topological polar surface area (TPSA) is 57.2 Å². The van der Waals surface area contributed by atoms with Crippen molar-refractivity contribution in [3.05, 3.63) is 0 Å². The van der Waals surface area contributed by atoms with Gasteiger partial charge in [-0.25, -0.2) is 0 Å². The third-order valence-corrected chi connectivity index (χ3v) is 3.62. The highest BCUT2D eigenvalue weighted by Crippen LogP contribution is 2.26. The zero-order valence-electron chi connectivity index (χ0n) is 12.5. The number of rotatable bonds is 4. The first-order valence-electron chi connectivity index (χ1n) is 6.93. The van der Waals surface area contributed by atoms with Crippen molar-refractivity contribution in [1.82, 2.24) is 15.0 Å². The lowest BCUT2D eigenvalue weighted by Gasteiger charge is -2.19. The van der Waals surface area contributed by atoms with Crippen molar-refractivity contribution >= 4 is 17.8 Å². The molecule has 2 atom stereocenters. The van der Waals surface area contributed by atoms with Crippen LogP contribution >= 0.6 is 0 Å². The maximum atomic E-state index is 4.56. The van der Waals surface area contributed by atoms with Gasteiger partial charge in [0.2, 0.25) is 17.8 Å². The van der Waals surface area contributed by atoms with Crippen LogP contribution in [0.25, 0.3) is 0 Å². The molecule has 0 aromatic carbocycles. The third kappa shape index (κ3) is 3.05. The van der Waals surface area contributed by atoms with Gasteiger partial charge in [-0.3, -0.25) is 0 Å². The molecule has 6 nitrogen and oxygen atoms in total. The number of aromatic nitrogens is 3. The largest absolute Gasteiger partial charge is 0.354 e. The molecular formula is C13H24N6. The van der Waals surface area contributed by atoms with E-state index in [4.69, 9.17) is 0 Å². The Morgan fingerprint density at radius 1 is 1.16 bits per heavy atom. The highest BCUT2D eigenvalue weighted by molar-refractivity contribution is 5.45. The van der Waals surface area contributed by atoms with Crippen molar-refractivity contribution < 1.29 is 0 Å². The predicted molar refractivity (Wildman–Crippen MR) is 78.9 cm³/mol. The van der Waals surface area contributed by atoms with E-state index >= 15 is 0 Å². The lowest BCUT2D eigenvalue weighted by Crippen LogP contribution is -2.25. The molecule has 19 heavy (non-hydrogen) atoms. The lowest BCUT2D eigenvalue weighted by atomic mass is 10.0. The van der Waals surface area contributed by atoms with Crippen LogP contribution < -0.4 is 15.1 Å².